The molecular weight excluding hydrogens is 341 g/mol. The Labute approximate surface area is 101 Å². The van der Waals surface area contributed by atoms with Gasteiger partial charge in [0, 0.05) is 0 Å². The predicted molar refractivity (Wildman–Crippen MR) is 55.5 cm³/mol. The van der Waals surface area contributed by atoms with Gasteiger partial charge in [-0.15, -0.1) is 0 Å². The SMILES string of the molecule is O=C(O)c1c(I)ncc([N+](=O)[O-])c1C(F)F. The fourth-order valence-electron chi connectivity index (χ4n) is 1.06. The molecule has 0 aliphatic rings. The van der Waals surface area contributed by atoms with Crippen LogP contribution in [0.15, 0.2) is 6.20 Å². The summed E-state index contributed by atoms with van der Waals surface area (Å²) in [7, 11) is 0. The van der Waals surface area contributed by atoms with Gasteiger partial charge in [0.25, 0.3) is 12.1 Å². The van der Waals surface area contributed by atoms with Crippen molar-refractivity contribution in [1.82, 2.24) is 4.98 Å². The maximum Gasteiger partial charge on any atom is 0.339 e. The van der Waals surface area contributed by atoms with Crippen LogP contribution in [0, 0.1) is 13.8 Å². The zero-order chi connectivity index (χ0) is 12.5. The number of nitrogens with zero attached hydrogens (tertiary/aromatic N) is 2. The van der Waals surface area contributed by atoms with Gasteiger partial charge in [0.1, 0.15) is 21.0 Å². The first-order valence-corrected chi connectivity index (χ1v) is 4.78. The van der Waals surface area contributed by atoms with Crippen molar-refractivity contribution in [3.8, 4) is 0 Å². The molecule has 0 aromatic carbocycles. The van der Waals surface area contributed by atoms with Gasteiger partial charge in [-0.25, -0.2) is 18.6 Å². The molecule has 0 fully saturated rings. The van der Waals surface area contributed by atoms with Gasteiger partial charge < -0.3 is 5.11 Å². The van der Waals surface area contributed by atoms with E-state index in [-0.39, 0.29) is 3.70 Å². The van der Waals surface area contributed by atoms with Crippen molar-refractivity contribution >= 4 is 34.2 Å². The summed E-state index contributed by atoms with van der Waals surface area (Å²) in [5.41, 5.74) is -2.94. The van der Waals surface area contributed by atoms with E-state index in [4.69, 9.17) is 5.11 Å². The lowest BCUT2D eigenvalue weighted by atomic mass is 10.1. The lowest BCUT2D eigenvalue weighted by molar-refractivity contribution is -0.386. The van der Waals surface area contributed by atoms with Gasteiger partial charge in [-0.1, -0.05) is 0 Å². The number of aromatic carboxylic acids is 1. The monoisotopic (exact) mass is 344 g/mol. The highest BCUT2D eigenvalue weighted by Crippen LogP contribution is 2.33. The molecule has 6 nitrogen and oxygen atoms in total. The van der Waals surface area contributed by atoms with E-state index in [1.54, 1.807) is 0 Å². The van der Waals surface area contributed by atoms with Crippen LogP contribution in [-0.4, -0.2) is 21.0 Å². The molecule has 1 aromatic rings. The molecule has 1 rings (SSSR count). The van der Waals surface area contributed by atoms with Gasteiger partial charge in [-0.05, 0) is 22.6 Å². The van der Waals surface area contributed by atoms with Gasteiger partial charge in [0.15, 0.2) is 0 Å². The first-order valence-electron chi connectivity index (χ1n) is 3.70. The normalized spacial score (nSPS) is 10.5. The average Bonchev–Trinajstić information content (AvgIpc) is 2.15. The van der Waals surface area contributed by atoms with Crippen molar-refractivity contribution in [3.05, 3.63) is 31.1 Å². The number of nitro groups is 1. The number of alkyl halides is 2. The van der Waals surface area contributed by atoms with Crippen molar-refractivity contribution in [1.29, 1.82) is 0 Å². The summed E-state index contributed by atoms with van der Waals surface area (Å²) >= 11 is 1.43. The molecule has 9 heteroatoms. The van der Waals surface area contributed by atoms with Gasteiger partial charge in [0.2, 0.25) is 0 Å². The van der Waals surface area contributed by atoms with E-state index < -0.39 is 34.1 Å². The molecule has 0 saturated heterocycles. The highest BCUT2D eigenvalue weighted by molar-refractivity contribution is 14.1. The smallest absolute Gasteiger partial charge is 0.339 e. The Hall–Kier alpha value is -1.39. The third kappa shape index (κ3) is 2.23. The van der Waals surface area contributed by atoms with E-state index in [0.29, 0.717) is 6.20 Å². The molecular formula is C7H3F2IN2O4. The Morgan fingerprint density at radius 3 is 2.56 bits per heavy atom. The number of carbonyl (C=O) groups is 1. The number of pyridine rings is 1. The van der Waals surface area contributed by atoms with Gasteiger partial charge in [0.05, 0.1) is 4.92 Å². The van der Waals surface area contributed by atoms with Gasteiger partial charge >= 0.3 is 5.97 Å². The zero-order valence-electron chi connectivity index (χ0n) is 7.35. The van der Waals surface area contributed by atoms with E-state index >= 15 is 0 Å². The molecule has 16 heavy (non-hydrogen) atoms. The standard InChI is InChI=1S/C7H3F2IN2O4/c8-5(9)3-2(12(15)16)1-11-6(10)4(3)7(13)14/h1,5H,(H,13,14). The molecule has 0 unspecified atom stereocenters. The minimum absolute atomic E-state index is 0.217. The molecule has 0 amide bonds. The van der Waals surface area contributed by atoms with Crippen LogP contribution in [0.4, 0.5) is 14.5 Å². The second kappa shape index (κ2) is 4.63. The number of rotatable bonds is 3. The van der Waals surface area contributed by atoms with Crippen LogP contribution in [-0.2, 0) is 0 Å². The highest BCUT2D eigenvalue weighted by atomic mass is 127. The van der Waals surface area contributed by atoms with Crippen LogP contribution in [0.2, 0.25) is 0 Å². The Balaban J connectivity index is 3.63. The van der Waals surface area contributed by atoms with Crippen molar-refractivity contribution < 1.29 is 23.6 Å². The lowest BCUT2D eigenvalue weighted by Crippen LogP contribution is -2.10. The number of carboxylic acids is 1. The van der Waals surface area contributed by atoms with Gasteiger partial charge in [-0.2, -0.15) is 0 Å². The molecule has 0 saturated carbocycles. The number of hydrogen-bond donors (Lipinski definition) is 1. The summed E-state index contributed by atoms with van der Waals surface area (Å²) in [6, 6.07) is 0. The van der Waals surface area contributed by atoms with Crippen LogP contribution >= 0.6 is 22.6 Å². The Kier molecular flexibility index (Phi) is 3.67. The summed E-state index contributed by atoms with van der Waals surface area (Å²) < 4.78 is 25.0. The third-order valence-electron chi connectivity index (χ3n) is 1.68. The number of halogens is 3. The summed E-state index contributed by atoms with van der Waals surface area (Å²) in [6.07, 6.45) is -2.63. The maximum absolute atomic E-state index is 12.6. The first kappa shape index (κ1) is 12.7. The Bertz CT molecular complexity index is 466. The highest BCUT2D eigenvalue weighted by Gasteiger charge is 2.31. The van der Waals surface area contributed by atoms with Crippen molar-refractivity contribution in [2.24, 2.45) is 0 Å². The second-order valence-electron chi connectivity index (χ2n) is 2.59. The Morgan fingerprint density at radius 2 is 2.19 bits per heavy atom. The zero-order valence-corrected chi connectivity index (χ0v) is 9.51. The first-order chi connectivity index (χ1) is 7.36. The molecule has 0 atom stereocenters. The maximum atomic E-state index is 12.6. The van der Waals surface area contributed by atoms with Crippen molar-refractivity contribution in [2.75, 3.05) is 0 Å². The van der Waals surface area contributed by atoms with Crippen molar-refractivity contribution in [3.63, 3.8) is 0 Å². The van der Waals surface area contributed by atoms with Crippen LogP contribution in [0.25, 0.3) is 0 Å². The molecule has 0 aliphatic heterocycles. The average molecular weight is 344 g/mol. The summed E-state index contributed by atoms with van der Waals surface area (Å²) in [4.78, 5) is 23.5. The second-order valence-corrected chi connectivity index (χ2v) is 3.61. The quantitative estimate of drug-likeness (QED) is 0.393. The molecule has 0 bridgehead atoms. The largest absolute Gasteiger partial charge is 0.478 e. The van der Waals surface area contributed by atoms with E-state index in [0.717, 1.165) is 0 Å². The predicted octanol–water partition coefficient (Wildman–Crippen LogP) is 2.23. The van der Waals surface area contributed by atoms with Crippen LogP contribution in [0.5, 0.6) is 0 Å². The van der Waals surface area contributed by atoms with E-state index in [1.807, 2.05) is 0 Å². The number of hydrogen-bond acceptors (Lipinski definition) is 4. The van der Waals surface area contributed by atoms with E-state index in [2.05, 4.69) is 4.98 Å². The van der Waals surface area contributed by atoms with E-state index in [9.17, 15) is 23.7 Å². The molecule has 86 valence electrons. The van der Waals surface area contributed by atoms with Crippen LogP contribution in [0.3, 0.4) is 0 Å². The summed E-state index contributed by atoms with van der Waals surface area (Å²) in [6.45, 7) is 0. The topological polar surface area (TPSA) is 93.3 Å². The number of carboxylic acid groups (broad SMARTS) is 1. The van der Waals surface area contributed by atoms with Crippen LogP contribution in [0.1, 0.15) is 22.3 Å². The fourth-order valence-corrected chi connectivity index (χ4v) is 1.72. The molecule has 1 aromatic heterocycles. The Morgan fingerprint density at radius 1 is 1.62 bits per heavy atom. The van der Waals surface area contributed by atoms with Crippen molar-refractivity contribution in [2.45, 2.75) is 6.43 Å². The summed E-state index contributed by atoms with van der Waals surface area (Å²) in [5, 5.41) is 19.2. The van der Waals surface area contributed by atoms with Crippen LogP contribution < -0.4 is 0 Å². The minimum atomic E-state index is -3.25. The minimum Gasteiger partial charge on any atom is -0.478 e. The molecule has 1 N–H and O–H groups in total. The number of aromatic nitrogens is 1. The molecule has 0 aliphatic carbocycles. The lowest BCUT2D eigenvalue weighted by Gasteiger charge is -2.06. The fraction of sp³-hybridized carbons (Fsp3) is 0.143. The van der Waals surface area contributed by atoms with Gasteiger partial charge in [-0.3, -0.25) is 10.1 Å². The third-order valence-corrected chi connectivity index (χ3v) is 2.50. The molecule has 1 heterocycles. The molecule has 0 spiro atoms. The molecule has 0 radical (unpaired) electrons. The summed E-state index contributed by atoms with van der Waals surface area (Å²) in [5.74, 6) is -1.67. The van der Waals surface area contributed by atoms with E-state index in [1.165, 1.54) is 22.6 Å².